The number of benzene rings is 1. The van der Waals surface area contributed by atoms with Crippen LogP contribution in [0.25, 0.3) is 0 Å². The zero-order valence-corrected chi connectivity index (χ0v) is 15.5. The molecule has 27 heavy (non-hydrogen) atoms. The molecule has 0 aliphatic rings. The summed E-state index contributed by atoms with van der Waals surface area (Å²) in [7, 11) is 1.33. The highest BCUT2D eigenvalue weighted by Gasteiger charge is 2.20. The average molecular weight is 378 g/mol. The second-order valence-electron chi connectivity index (χ2n) is 6.61. The highest BCUT2D eigenvalue weighted by molar-refractivity contribution is 5.75. The van der Waals surface area contributed by atoms with E-state index in [9.17, 15) is 19.2 Å². The fourth-order valence-corrected chi connectivity index (χ4v) is 2.11. The zero-order valence-electron chi connectivity index (χ0n) is 15.5. The Kier molecular flexibility index (Phi) is 5.73. The van der Waals surface area contributed by atoms with E-state index in [4.69, 9.17) is 4.74 Å². The van der Waals surface area contributed by atoms with Crippen molar-refractivity contribution in [1.29, 1.82) is 0 Å². The maximum absolute atomic E-state index is 12.5. The second-order valence-corrected chi connectivity index (χ2v) is 6.61. The number of carbonyl (C=O) groups is 1. The molecule has 2 rings (SSSR count). The molecule has 0 saturated heterocycles. The summed E-state index contributed by atoms with van der Waals surface area (Å²) >= 11 is 0. The van der Waals surface area contributed by atoms with Crippen LogP contribution in [0.15, 0.2) is 44.7 Å². The van der Waals surface area contributed by atoms with Gasteiger partial charge in [-0.1, -0.05) is 30.3 Å². The predicted octanol–water partition coefficient (Wildman–Crippen LogP) is -0.433. The summed E-state index contributed by atoms with van der Waals surface area (Å²) in [5, 5.41) is 0. The molecule has 146 valence electrons. The molecule has 0 atom stereocenters. The topological polar surface area (TPSA) is 128 Å². The molecule has 0 bridgehead atoms. The van der Waals surface area contributed by atoms with Gasteiger partial charge in [-0.25, -0.2) is 24.6 Å². The number of rotatable bonds is 5. The van der Waals surface area contributed by atoms with Gasteiger partial charge in [0.2, 0.25) is 0 Å². The quantitative estimate of drug-likeness (QED) is 0.644. The lowest BCUT2D eigenvalue weighted by atomic mass is 10.1. The highest BCUT2D eigenvalue weighted by Crippen LogP contribution is 2.00. The molecule has 0 unspecified atom stereocenters. The van der Waals surface area contributed by atoms with Crippen LogP contribution in [0.3, 0.4) is 0 Å². The lowest BCUT2D eigenvalue weighted by Gasteiger charge is -2.23. The van der Waals surface area contributed by atoms with Gasteiger partial charge < -0.3 is 15.6 Å². The number of nitrogens with one attached hydrogen (secondary N) is 3. The van der Waals surface area contributed by atoms with E-state index in [1.165, 1.54) is 7.05 Å². The summed E-state index contributed by atoms with van der Waals surface area (Å²) in [6.45, 7) is 5.11. The van der Waals surface area contributed by atoms with Gasteiger partial charge in [0.25, 0.3) is 0 Å². The molecule has 3 N–H and O–H groups in total. The SMILES string of the molecule is CNn1c(=O)n(NC(=O)OCc2ccccc2)c(=O)n(NC(C)(C)C)c1=O. The van der Waals surface area contributed by atoms with E-state index >= 15 is 0 Å². The zero-order chi connectivity index (χ0) is 20.2. The fourth-order valence-electron chi connectivity index (χ4n) is 2.11. The number of hydrogen-bond donors (Lipinski definition) is 3. The minimum atomic E-state index is -1.07. The van der Waals surface area contributed by atoms with Gasteiger partial charge >= 0.3 is 23.2 Å². The van der Waals surface area contributed by atoms with Crippen molar-refractivity contribution in [3.05, 3.63) is 67.3 Å². The van der Waals surface area contributed by atoms with Crippen molar-refractivity contribution in [1.82, 2.24) is 14.0 Å². The molecule has 2 aromatic rings. The van der Waals surface area contributed by atoms with Crippen molar-refractivity contribution >= 4 is 6.09 Å². The second kappa shape index (κ2) is 7.81. The molecular formula is C16H22N6O5. The van der Waals surface area contributed by atoms with Gasteiger partial charge in [0.1, 0.15) is 6.61 Å². The third-order valence-corrected chi connectivity index (χ3v) is 3.23. The van der Waals surface area contributed by atoms with E-state index < -0.39 is 28.7 Å². The number of aromatic nitrogens is 3. The summed E-state index contributed by atoms with van der Waals surface area (Å²) in [4.78, 5) is 49.2. The Hall–Kier alpha value is -3.50. The number of ether oxygens (including phenoxy) is 1. The lowest BCUT2D eigenvalue weighted by molar-refractivity contribution is 0.151. The molecule has 1 aromatic carbocycles. The Labute approximate surface area is 154 Å². The van der Waals surface area contributed by atoms with Crippen molar-refractivity contribution in [3.63, 3.8) is 0 Å². The molecule has 1 aromatic heterocycles. The Morgan fingerprint density at radius 3 is 2.07 bits per heavy atom. The summed E-state index contributed by atoms with van der Waals surface area (Å²) in [5.74, 6) is 0. The number of carbonyl (C=O) groups excluding carboxylic acids is 1. The predicted molar refractivity (Wildman–Crippen MR) is 99.6 cm³/mol. The van der Waals surface area contributed by atoms with Crippen LogP contribution in [-0.2, 0) is 11.3 Å². The highest BCUT2D eigenvalue weighted by atomic mass is 16.6. The van der Waals surface area contributed by atoms with Crippen molar-refractivity contribution in [2.75, 3.05) is 23.3 Å². The van der Waals surface area contributed by atoms with Gasteiger partial charge in [0.15, 0.2) is 0 Å². The first kappa shape index (κ1) is 19.8. The van der Waals surface area contributed by atoms with Crippen LogP contribution in [0.5, 0.6) is 0 Å². The van der Waals surface area contributed by atoms with Crippen LogP contribution in [0, 0.1) is 0 Å². The van der Waals surface area contributed by atoms with Gasteiger partial charge in [-0.2, -0.15) is 9.35 Å². The van der Waals surface area contributed by atoms with Gasteiger partial charge in [-0.15, -0.1) is 4.68 Å². The maximum Gasteiger partial charge on any atom is 0.427 e. The molecule has 1 amide bonds. The molecule has 0 saturated carbocycles. The van der Waals surface area contributed by atoms with E-state index in [2.05, 4.69) is 10.9 Å². The Morgan fingerprint density at radius 2 is 1.52 bits per heavy atom. The van der Waals surface area contributed by atoms with Gasteiger partial charge in [-0.05, 0) is 26.3 Å². The third-order valence-electron chi connectivity index (χ3n) is 3.23. The lowest BCUT2D eigenvalue weighted by Crippen LogP contribution is -2.62. The number of hydrogen-bond acceptors (Lipinski definition) is 7. The maximum atomic E-state index is 12.5. The molecule has 0 spiro atoms. The van der Waals surface area contributed by atoms with Crippen molar-refractivity contribution in [2.45, 2.75) is 32.9 Å². The van der Waals surface area contributed by atoms with E-state index in [0.717, 1.165) is 5.56 Å². The van der Waals surface area contributed by atoms with E-state index in [1.54, 1.807) is 45.0 Å². The Bertz CT molecular complexity index is 984. The minimum absolute atomic E-state index is 0.0540. The van der Waals surface area contributed by atoms with E-state index in [-0.39, 0.29) is 6.61 Å². The molecule has 0 aliphatic carbocycles. The molecule has 11 nitrogen and oxygen atoms in total. The van der Waals surface area contributed by atoms with Crippen LogP contribution < -0.4 is 33.3 Å². The Morgan fingerprint density at radius 1 is 0.963 bits per heavy atom. The molecule has 0 fully saturated rings. The first-order valence-corrected chi connectivity index (χ1v) is 8.09. The first-order chi connectivity index (χ1) is 12.6. The van der Waals surface area contributed by atoms with Crippen molar-refractivity contribution in [2.24, 2.45) is 0 Å². The smallest absolute Gasteiger partial charge is 0.427 e. The van der Waals surface area contributed by atoms with Crippen molar-refractivity contribution in [3.8, 4) is 0 Å². The first-order valence-electron chi connectivity index (χ1n) is 8.09. The van der Waals surface area contributed by atoms with Gasteiger partial charge in [-0.3, -0.25) is 0 Å². The van der Waals surface area contributed by atoms with Crippen LogP contribution >= 0.6 is 0 Å². The Balaban J connectivity index is 2.34. The van der Waals surface area contributed by atoms with E-state index in [0.29, 0.717) is 14.0 Å². The molecule has 0 radical (unpaired) electrons. The monoisotopic (exact) mass is 378 g/mol. The summed E-state index contributed by atoms with van der Waals surface area (Å²) in [6, 6.07) is 8.87. The number of nitrogens with zero attached hydrogens (tertiary/aromatic N) is 3. The molecule has 1 heterocycles. The molecule has 0 aliphatic heterocycles. The summed E-state index contributed by atoms with van der Waals surface area (Å²) < 4.78 is 6.57. The van der Waals surface area contributed by atoms with Crippen LogP contribution in [0.1, 0.15) is 26.3 Å². The fraction of sp³-hybridized carbons (Fsp3) is 0.375. The minimum Gasteiger partial charge on any atom is -0.443 e. The van der Waals surface area contributed by atoms with Crippen LogP contribution in [-0.4, -0.2) is 32.7 Å². The van der Waals surface area contributed by atoms with Crippen LogP contribution in [0.2, 0.25) is 0 Å². The standard InChI is InChI=1S/C16H22N6O5/c1-16(2,3)19-22-14(25)20(17-4)13(24)21(15(22)26)18-12(23)27-10-11-8-6-5-7-9-11/h5-9,17,19H,10H2,1-4H3,(H,18,23). The largest absolute Gasteiger partial charge is 0.443 e. The summed E-state index contributed by atoms with van der Waals surface area (Å²) in [5.41, 5.74) is 4.08. The average Bonchev–Trinajstić information content (AvgIpc) is 2.61. The molecule has 11 heteroatoms. The number of amides is 1. The normalized spacial score (nSPS) is 11.0. The van der Waals surface area contributed by atoms with E-state index in [1.807, 2.05) is 11.5 Å². The van der Waals surface area contributed by atoms with Crippen LogP contribution in [0.4, 0.5) is 4.79 Å². The van der Waals surface area contributed by atoms with Gasteiger partial charge in [0, 0.05) is 12.6 Å². The van der Waals surface area contributed by atoms with Gasteiger partial charge in [0.05, 0.1) is 0 Å². The third kappa shape index (κ3) is 4.77. The molecular weight excluding hydrogens is 356 g/mol. The van der Waals surface area contributed by atoms with Crippen molar-refractivity contribution < 1.29 is 9.53 Å². The summed E-state index contributed by atoms with van der Waals surface area (Å²) in [6.07, 6.45) is -1.03.